The van der Waals surface area contributed by atoms with E-state index in [0.29, 0.717) is 11.4 Å². The minimum absolute atomic E-state index is 0.105. The number of benzene rings is 1. The lowest BCUT2D eigenvalue weighted by Crippen LogP contribution is -2.43. The highest BCUT2D eigenvalue weighted by molar-refractivity contribution is 7.89. The minimum Gasteiger partial charge on any atom is -0.207 e. The smallest absolute Gasteiger partial charge is 0.207 e. The average Bonchev–Trinajstić information content (AvgIpc) is 3.08. The topological polar surface area (TPSA) is 81.0 Å². The Balaban J connectivity index is 1.96. The third-order valence-electron chi connectivity index (χ3n) is 4.42. The molecule has 0 N–H and O–H groups in total. The number of piperidine rings is 1. The van der Waals surface area contributed by atoms with E-state index in [9.17, 15) is 8.42 Å². The number of sulfonamides is 1. The molecule has 1 aromatic carbocycles. The first-order valence-electron chi connectivity index (χ1n) is 7.90. The van der Waals surface area contributed by atoms with E-state index in [2.05, 4.69) is 15.5 Å². The second kappa shape index (κ2) is 6.37. The van der Waals surface area contributed by atoms with E-state index in [1.165, 1.54) is 11.0 Å². The van der Waals surface area contributed by atoms with Crippen LogP contribution in [0.1, 0.15) is 38.2 Å². The van der Waals surface area contributed by atoms with Crippen LogP contribution in [-0.2, 0) is 10.0 Å². The molecular formula is C15H21N5O2S. The number of aryl methyl sites for hydroxylation is 1. The molecule has 0 unspecified atom stereocenters. The fourth-order valence-electron chi connectivity index (χ4n) is 3.15. The third-order valence-corrected chi connectivity index (χ3v) is 6.36. The van der Waals surface area contributed by atoms with Crippen LogP contribution in [0.2, 0.25) is 0 Å². The van der Waals surface area contributed by atoms with Gasteiger partial charge < -0.3 is 0 Å². The monoisotopic (exact) mass is 335 g/mol. The highest BCUT2D eigenvalue weighted by Gasteiger charge is 2.32. The normalized spacial score (nSPS) is 19.8. The molecule has 1 aliphatic rings. The minimum atomic E-state index is -3.46. The zero-order valence-corrected chi connectivity index (χ0v) is 14.2. The van der Waals surface area contributed by atoms with Crippen LogP contribution in [0, 0.1) is 6.92 Å². The van der Waals surface area contributed by atoms with Gasteiger partial charge in [-0.05, 0) is 60.4 Å². The molecule has 0 bridgehead atoms. The molecule has 1 aliphatic heterocycles. The lowest BCUT2D eigenvalue weighted by atomic mass is 10.0. The lowest BCUT2D eigenvalue weighted by molar-refractivity contribution is 0.246. The molecule has 1 fully saturated rings. The van der Waals surface area contributed by atoms with Crippen molar-refractivity contribution in [3.8, 4) is 5.69 Å². The van der Waals surface area contributed by atoms with Crippen LogP contribution in [-0.4, -0.2) is 45.5 Å². The maximum atomic E-state index is 13.0. The zero-order valence-electron chi connectivity index (χ0n) is 13.4. The van der Waals surface area contributed by atoms with Gasteiger partial charge >= 0.3 is 0 Å². The Morgan fingerprint density at radius 3 is 2.78 bits per heavy atom. The summed E-state index contributed by atoms with van der Waals surface area (Å²) in [5.41, 5.74) is 1.60. The highest BCUT2D eigenvalue weighted by atomic mass is 32.2. The van der Waals surface area contributed by atoms with E-state index in [-0.39, 0.29) is 6.04 Å². The van der Waals surface area contributed by atoms with Crippen LogP contribution in [0.5, 0.6) is 0 Å². The SMILES string of the molecule is CC[C@H]1CCCCN1S(=O)(=O)c1ccc(-n2cnnn2)c(C)c1. The van der Waals surface area contributed by atoms with Gasteiger partial charge in [-0.3, -0.25) is 0 Å². The van der Waals surface area contributed by atoms with Gasteiger partial charge in [0.05, 0.1) is 10.6 Å². The van der Waals surface area contributed by atoms with Crippen molar-refractivity contribution in [2.75, 3.05) is 6.54 Å². The zero-order chi connectivity index (χ0) is 16.4. The summed E-state index contributed by atoms with van der Waals surface area (Å²) in [7, 11) is -3.46. The molecule has 2 heterocycles. The van der Waals surface area contributed by atoms with Crippen molar-refractivity contribution in [3.63, 3.8) is 0 Å². The molecule has 0 spiro atoms. The molecule has 0 saturated carbocycles. The Morgan fingerprint density at radius 1 is 1.30 bits per heavy atom. The van der Waals surface area contributed by atoms with Crippen LogP contribution < -0.4 is 0 Å². The second-order valence-electron chi connectivity index (χ2n) is 5.88. The molecule has 124 valence electrons. The van der Waals surface area contributed by atoms with Gasteiger partial charge in [-0.2, -0.15) is 4.31 Å². The van der Waals surface area contributed by atoms with Crippen molar-refractivity contribution in [2.24, 2.45) is 0 Å². The first-order valence-corrected chi connectivity index (χ1v) is 9.34. The summed E-state index contributed by atoms with van der Waals surface area (Å²) >= 11 is 0. The molecule has 3 rings (SSSR count). The third kappa shape index (κ3) is 3.00. The van der Waals surface area contributed by atoms with Crippen molar-refractivity contribution < 1.29 is 8.42 Å². The Kier molecular flexibility index (Phi) is 4.45. The number of tetrazole rings is 1. The van der Waals surface area contributed by atoms with Crippen LogP contribution in [0.3, 0.4) is 0 Å². The number of aromatic nitrogens is 4. The quantitative estimate of drug-likeness (QED) is 0.853. The Morgan fingerprint density at radius 2 is 2.13 bits per heavy atom. The number of rotatable bonds is 4. The van der Waals surface area contributed by atoms with E-state index in [0.717, 1.165) is 36.9 Å². The van der Waals surface area contributed by atoms with Gasteiger partial charge in [-0.1, -0.05) is 13.3 Å². The van der Waals surface area contributed by atoms with Gasteiger partial charge in [0.15, 0.2) is 0 Å². The fraction of sp³-hybridized carbons (Fsp3) is 0.533. The van der Waals surface area contributed by atoms with Gasteiger partial charge in [0.1, 0.15) is 6.33 Å². The predicted octanol–water partition coefficient (Wildman–Crippen LogP) is 1.92. The number of hydrogen-bond donors (Lipinski definition) is 0. The van der Waals surface area contributed by atoms with E-state index in [4.69, 9.17) is 0 Å². The molecule has 0 amide bonds. The van der Waals surface area contributed by atoms with E-state index in [1.54, 1.807) is 22.5 Å². The molecule has 2 aromatic rings. The van der Waals surface area contributed by atoms with E-state index >= 15 is 0 Å². The van der Waals surface area contributed by atoms with Gasteiger partial charge in [0, 0.05) is 12.6 Å². The maximum absolute atomic E-state index is 13.0. The van der Waals surface area contributed by atoms with Crippen LogP contribution in [0.15, 0.2) is 29.4 Å². The molecule has 8 heteroatoms. The molecule has 23 heavy (non-hydrogen) atoms. The molecule has 0 radical (unpaired) electrons. The summed E-state index contributed by atoms with van der Waals surface area (Å²) in [5, 5.41) is 11.1. The van der Waals surface area contributed by atoms with Gasteiger partial charge in [-0.15, -0.1) is 5.10 Å². The summed E-state index contributed by atoms with van der Waals surface area (Å²) in [6, 6.07) is 5.20. The van der Waals surface area contributed by atoms with E-state index < -0.39 is 10.0 Å². The van der Waals surface area contributed by atoms with Gasteiger partial charge in [-0.25, -0.2) is 13.1 Å². The summed E-state index contributed by atoms with van der Waals surface area (Å²) in [6.45, 7) is 4.52. The van der Waals surface area contributed by atoms with Gasteiger partial charge in [0.2, 0.25) is 10.0 Å². The molecule has 1 saturated heterocycles. The van der Waals surface area contributed by atoms with Crippen LogP contribution >= 0.6 is 0 Å². The van der Waals surface area contributed by atoms with Crippen molar-refractivity contribution in [1.82, 2.24) is 24.5 Å². The van der Waals surface area contributed by atoms with Crippen molar-refractivity contribution in [1.29, 1.82) is 0 Å². The molecule has 1 atom stereocenters. The molecule has 7 nitrogen and oxygen atoms in total. The van der Waals surface area contributed by atoms with Crippen molar-refractivity contribution in [2.45, 2.75) is 50.5 Å². The number of hydrogen-bond acceptors (Lipinski definition) is 5. The summed E-state index contributed by atoms with van der Waals surface area (Å²) in [4.78, 5) is 0.340. The predicted molar refractivity (Wildman–Crippen MR) is 85.7 cm³/mol. The van der Waals surface area contributed by atoms with Gasteiger partial charge in [0.25, 0.3) is 0 Å². The van der Waals surface area contributed by atoms with Crippen LogP contribution in [0.25, 0.3) is 5.69 Å². The van der Waals surface area contributed by atoms with E-state index in [1.807, 2.05) is 13.8 Å². The van der Waals surface area contributed by atoms with Crippen molar-refractivity contribution >= 4 is 10.0 Å². The standard InChI is InChI=1S/C15H21N5O2S/c1-3-13-6-4-5-9-20(13)23(21,22)14-7-8-15(12(2)10-14)19-11-16-17-18-19/h7-8,10-11,13H,3-6,9H2,1-2H3/t13-/m0/s1. The maximum Gasteiger partial charge on any atom is 0.243 e. The average molecular weight is 335 g/mol. The van der Waals surface area contributed by atoms with Crippen LogP contribution in [0.4, 0.5) is 0 Å². The lowest BCUT2D eigenvalue weighted by Gasteiger charge is -2.34. The van der Waals surface area contributed by atoms with Crippen molar-refractivity contribution in [3.05, 3.63) is 30.1 Å². The number of nitrogens with zero attached hydrogens (tertiary/aromatic N) is 5. The summed E-state index contributed by atoms with van der Waals surface area (Å²) < 4.78 is 29.2. The Bertz CT molecular complexity index is 773. The molecule has 1 aromatic heterocycles. The first-order chi connectivity index (χ1) is 11.0. The fourth-order valence-corrected chi connectivity index (χ4v) is 5.00. The Hall–Kier alpha value is -1.80. The molecule has 0 aliphatic carbocycles. The second-order valence-corrected chi connectivity index (χ2v) is 7.77. The summed E-state index contributed by atoms with van der Waals surface area (Å²) in [6.07, 6.45) is 5.31. The first kappa shape index (κ1) is 16.1. The largest absolute Gasteiger partial charge is 0.243 e. The Labute approximate surface area is 136 Å². The highest BCUT2D eigenvalue weighted by Crippen LogP contribution is 2.28. The summed E-state index contributed by atoms with van der Waals surface area (Å²) in [5.74, 6) is 0. The molecular weight excluding hydrogens is 314 g/mol.